The zero-order valence-electron chi connectivity index (χ0n) is 12.3. The molecule has 0 amide bonds. The molecule has 1 rings (SSSR count). The van der Waals surface area contributed by atoms with Crippen molar-refractivity contribution in [3.05, 3.63) is 35.4 Å². The number of hydrogen-bond donors (Lipinski definition) is 1. The van der Waals surface area contributed by atoms with Gasteiger partial charge in [-0.3, -0.25) is 4.79 Å². The van der Waals surface area contributed by atoms with Crippen molar-refractivity contribution >= 4 is 5.97 Å². The van der Waals surface area contributed by atoms with Gasteiger partial charge in [-0.05, 0) is 52.3 Å². The molecule has 0 spiro atoms. The van der Waals surface area contributed by atoms with E-state index in [0.717, 1.165) is 12.1 Å². The second kappa shape index (κ2) is 5.48. The molecule has 0 heterocycles. The summed E-state index contributed by atoms with van der Waals surface area (Å²) < 4.78 is 31.4. The Morgan fingerprint density at radius 3 is 2.20 bits per heavy atom. The molecule has 1 aromatic rings. The van der Waals surface area contributed by atoms with Crippen molar-refractivity contribution in [2.24, 2.45) is 5.92 Å². The van der Waals surface area contributed by atoms with Crippen molar-refractivity contribution in [3.8, 4) is 0 Å². The van der Waals surface area contributed by atoms with Crippen LogP contribution in [0, 0.1) is 17.6 Å². The molecule has 0 saturated heterocycles. The van der Waals surface area contributed by atoms with Gasteiger partial charge in [-0.15, -0.1) is 0 Å². The highest BCUT2D eigenvalue weighted by Crippen LogP contribution is 2.31. The average molecular weight is 286 g/mol. The summed E-state index contributed by atoms with van der Waals surface area (Å²) in [6.45, 7) is 7.99. The van der Waals surface area contributed by atoms with Crippen LogP contribution in [0.15, 0.2) is 18.2 Å². The van der Waals surface area contributed by atoms with Gasteiger partial charge < -0.3 is 9.84 Å². The molecule has 0 fully saturated rings. The molecule has 5 heteroatoms. The topological polar surface area (TPSA) is 46.5 Å². The highest BCUT2D eigenvalue weighted by Gasteiger charge is 2.38. The van der Waals surface area contributed by atoms with E-state index in [1.54, 1.807) is 20.8 Å². The average Bonchev–Trinajstić information content (AvgIpc) is 2.29. The normalized spacial score (nSPS) is 16.4. The maximum absolute atomic E-state index is 13.2. The summed E-state index contributed by atoms with van der Waals surface area (Å²) in [7, 11) is 0. The lowest BCUT2D eigenvalue weighted by Gasteiger charge is -2.31. The van der Waals surface area contributed by atoms with Gasteiger partial charge >= 0.3 is 5.97 Å². The van der Waals surface area contributed by atoms with Gasteiger partial charge in [0.25, 0.3) is 0 Å². The number of rotatable bonds is 3. The fraction of sp³-hybridized carbons (Fsp3) is 0.533. The van der Waals surface area contributed by atoms with Crippen LogP contribution in [0.4, 0.5) is 8.78 Å². The summed E-state index contributed by atoms with van der Waals surface area (Å²) in [5, 5.41) is 10.4. The van der Waals surface area contributed by atoms with Gasteiger partial charge in [0.15, 0.2) is 11.6 Å². The fourth-order valence-electron chi connectivity index (χ4n) is 1.68. The summed E-state index contributed by atoms with van der Waals surface area (Å²) in [6, 6.07) is 3.05. The van der Waals surface area contributed by atoms with Crippen LogP contribution >= 0.6 is 0 Å². The van der Waals surface area contributed by atoms with Crippen molar-refractivity contribution in [2.45, 2.75) is 45.8 Å². The molecule has 0 aliphatic rings. The van der Waals surface area contributed by atoms with Crippen molar-refractivity contribution < 1.29 is 23.4 Å². The van der Waals surface area contributed by atoms with Crippen LogP contribution in [0.5, 0.6) is 0 Å². The number of carbonyl (C=O) groups excluding carboxylic acids is 1. The first-order valence-corrected chi connectivity index (χ1v) is 6.36. The predicted octanol–water partition coefficient (Wildman–Crippen LogP) is 3.15. The van der Waals surface area contributed by atoms with Crippen LogP contribution in [0.1, 0.15) is 40.2 Å². The molecular formula is C15H20F2O3. The molecule has 2 unspecified atom stereocenters. The van der Waals surface area contributed by atoms with Gasteiger partial charge in [-0.2, -0.15) is 0 Å². The monoisotopic (exact) mass is 286 g/mol. The second-order valence-electron chi connectivity index (χ2n) is 6.03. The van der Waals surface area contributed by atoms with Crippen LogP contribution < -0.4 is 0 Å². The first kappa shape index (κ1) is 16.6. The third-order valence-corrected chi connectivity index (χ3v) is 3.11. The molecule has 112 valence electrons. The molecule has 0 aromatic heterocycles. The third kappa shape index (κ3) is 3.76. The predicted molar refractivity (Wildman–Crippen MR) is 70.9 cm³/mol. The second-order valence-corrected chi connectivity index (χ2v) is 6.03. The Morgan fingerprint density at radius 2 is 1.75 bits per heavy atom. The smallest absolute Gasteiger partial charge is 0.312 e. The van der Waals surface area contributed by atoms with Crippen LogP contribution in [0.25, 0.3) is 0 Å². The lowest BCUT2D eigenvalue weighted by atomic mass is 9.84. The van der Waals surface area contributed by atoms with Crippen LogP contribution in [0.2, 0.25) is 0 Å². The third-order valence-electron chi connectivity index (χ3n) is 3.11. The maximum Gasteiger partial charge on any atom is 0.312 e. The van der Waals surface area contributed by atoms with E-state index < -0.39 is 34.7 Å². The summed E-state index contributed by atoms with van der Waals surface area (Å²) in [5.74, 6) is -3.60. The van der Waals surface area contributed by atoms with Gasteiger partial charge in [0.2, 0.25) is 0 Å². The minimum Gasteiger partial charge on any atom is -0.460 e. The largest absolute Gasteiger partial charge is 0.460 e. The van der Waals surface area contributed by atoms with Crippen LogP contribution in [-0.2, 0) is 15.1 Å². The number of benzene rings is 1. The highest BCUT2D eigenvalue weighted by molar-refractivity contribution is 5.74. The molecule has 20 heavy (non-hydrogen) atoms. The van der Waals surface area contributed by atoms with E-state index in [1.807, 2.05) is 0 Å². The lowest BCUT2D eigenvalue weighted by molar-refractivity contribution is -0.168. The Hall–Kier alpha value is -1.49. The molecule has 0 bridgehead atoms. The number of ether oxygens (including phenoxy) is 1. The molecule has 3 nitrogen and oxygen atoms in total. The molecule has 0 saturated carbocycles. The summed E-state index contributed by atoms with van der Waals surface area (Å²) in [5.41, 5.74) is -2.22. The van der Waals surface area contributed by atoms with E-state index in [2.05, 4.69) is 0 Å². The number of esters is 1. The molecule has 0 radical (unpaired) electrons. The lowest BCUT2D eigenvalue weighted by Crippen LogP contribution is -2.39. The van der Waals surface area contributed by atoms with Crippen molar-refractivity contribution in [3.63, 3.8) is 0 Å². The van der Waals surface area contributed by atoms with E-state index in [-0.39, 0.29) is 5.56 Å². The minimum absolute atomic E-state index is 0.120. The van der Waals surface area contributed by atoms with Gasteiger partial charge in [0.05, 0.1) is 11.5 Å². The minimum atomic E-state index is -1.66. The van der Waals surface area contributed by atoms with E-state index >= 15 is 0 Å². The van der Waals surface area contributed by atoms with Crippen molar-refractivity contribution in [1.82, 2.24) is 0 Å². The van der Waals surface area contributed by atoms with Crippen molar-refractivity contribution in [2.75, 3.05) is 0 Å². The number of hydrogen-bond acceptors (Lipinski definition) is 3. The summed E-state index contributed by atoms with van der Waals surface area (Å²) in [4.78, 5) is 12.0. The number of halogens is 2. The standard InChI is InChI=1S/C15H20F2O3/c1-9(13(18)20-14(2,3)4)15(5,19)10-6-7-11(16)12(17)8-10/h6-9,19H,1-5H3. The Morgan fingerprint density at radius 1 is 1.20 bits per heavy atom. The Bertz CT molecular complexity index is 504. The Kier molecular flexibility index (Phi) is 4.54. The Labute approximate surface area is 117 Å². The molecule has 0 aliphatic carbocycles. The molecule has 2 atom stereocenters. The van der Waals surface area contributed by atoms with E-state index in [9.17, 15) is 18.7 Å². The van der Waals surface area contributed by atoms with Gasteiger partial charge in [-0.1, -0.05) is 6.07 Å². The highest BCUT2D eigenvalue weighted by atomic mass is 19.2. The van der Waals surface area contributed by atoms with E-state index in [0.29, 0.717) is 0 Å². The maximum atomic E-state index is 13.2. The van der Waals surface area contributed by atoms with E-state index in [4.69, 9.17) is 4.74 Å². The fourth-order valence-corrected chi connectivity index (χ4v) is 1.68. The molecular weight excluding hydrogens is 266 g/mol. The first-order chi connectivity index (χ1) is 8.95. The van der Waals surface area contributed by atoms with Crippen molar-refractivity contribution in [1.29, 1.82) is 0 Å². The summed E-state index contributed by atoms with van der Waals surface area (Å²) in [6.07, 6.45) is 0. The van der Waals surface area contributed by atoms with Gasteiger partial charge in [-0.25, -0.2) is 8.78 Å². The number of carbonyl (C=O) groups is 1. The Balaban J connectivity index is 3.02. The quantitative estimate of drug-likeness (QED) is 0.868. The summed E-state index contributed by atoms with van der Waals surface area (Å²) >= 11 is 0. The zero-order valence-corrected chi connectivity index (χ0v) is 12.3. The van der Waals surface area contributed by atoms with E-state index in [1.165, 1.54) is 19.9 Å². The molecule has 1 aromatic carbocycles. The van der Waals surface area contributed by atoms with Gasteiger partial charge in [0.1, 0.15) is 5.60 Å². The molecule has 1 N–H and O–H groups in total. The number of aliphatic hydroxyl groups is 1. The zero-order chi connectivity index (χ0) is 15.7. The first-order valence-electron chi connectivity index (χ1n) is 6.36. The SMILES string of the molecule is CC(C(=O)OC(C)(C)C)C(C)(O)c1ccc(F)c(F)c1. The van der Waals surface area contributed by atoms with Crippen LogP contribution in [-0.4, -0.2) is 16.7 Å². The molecule has 0 aliphatic heterocycles. The van der Waals surface area contributed by atoms with Crippen LogP contribution in [0.3, 0.4) is 0 Å². The van der Waals surface area contributed by atoms with Gasteiger partial charge in [0, 0.05) is 0 Å².